The first kappa shape index (κ1) is 24.9. The Balaban J connectivity index is 1.84. The molecule has 0 unspecified atom stereocenters. The third-order valence-corrected chi connectivity index (χ3v) is 5.90. The summed E-state index contributed by atoms with van der Waals surface area (Å²) in [6.45, 7) is 5.96. The molecule has 0 radical (unpaired) electrons. The molecule has 168 valence electrons. The molecular formula is C27H41ClO2. The molecule has 0 saturated carbocycles. The lowest BCUT2D eigenvalue weighted by Crippen LogP contribution is -2.01. The van der Waals surface area contributed by atoms with Gasteiger partial charge in [0.05, 0.1) is 13.2 Å². The number of aryl methyl sites for hydroxylation is 1. The first-order valence-electron chi connectivity index (χ1n) is 12.1. The van der Waals surface area contributed by atoms with E-state index in [0.29, 0.717) is 0 Å². The summed E-state index contributed by atoms with van der Waals surface area (Å²) in [5.74, 6) is 2.74. The van der Waals surface area contributed by atoms with Gasteiger partial charge in [-0.15, -0.1) is 11.6 Å². The van der Waals surface area contributed by atoms with Crippen LogP contribution in [-0.2, 0) is 0 Å². The zero-order chi connectivity index (χ0) is 21.4. The highest BCUT2D eigenvalue weighted by atomic mass is 35.5. The van der Waals surface area contributed by atoms with Crippen LogP contribution >= 0.6 is 11.6 Å². The Labute approximate surface area is 189 Å². The number of alkyl halides is 1. The highest BCUT2D eigenvalue weighted by Gasteiger charge is 2.09. The molecule has 2 rings (SSSR count). The van der Waals surface area contributed by atoms with E-state index in [1.54, 1.807) is 0 Å². The predicted molar refractivity (Wildman–Crippen MR) is 131 cm³/mol. The summed E-state index contributed by atoms with van der Waals surface area (Å²) in [4.78, 5) is 0. The summed E-state index contributed by atoms with van der Waals surface area (Å²) in [7, 11) is 0. The van der Waals surface area contributed by atoms with Crippen molar-refractivity contribution in [1.29, 1.82) is 0 Å². The minimum atomic E-state index is 0.774. The van der Waals surface area contributed by atoms with Gasteiger partial charge in [-0.1, -0.05) is 82.4 Å². The van der Waals surface area contributed by atoms with Crippen molar-refractivity contribution >= 4 is 22.4 Å². The quantitative estimate of drug-likeness (QED) is 0.183. The van der Waals surface area contributed by atoms with Gasteiger partial charge in [0.1, 0.15) is 11.5 Å². The Hall–Kier alpha value is -1.41. The van der Waals surface area contributed by atoms with E-state index in [9.17, 15) is 0 Å². The molecule has 0 heterocycles. The lowest BCUT2D eigenvalue weighted by atomic mass is 10.1. The van der Waals surface area contributed by atoms with E-state index in [1.165, 1.54) is 63.4 Å². The molecule has 0 aliphatic carbocycles. The summed E-state index contributed by atoms with van der Waals surface area (Å²) >= 11 is 5.73. The van der Waals surface area contributed by atoms with Crippen LogP contribution in [0.5, 0.6) is 11.5 Å². The molecule has 2 nitrogen and oxygen atoms in total. The van der Waals surface area contributed by atoms with E-state index in [2.05, 4.69) is 44.2 Å². The first-order valence-corrected chi connectivity index (χ1v) is 12.6. The molecule has 2 aromatic carbocycles. The van der Waals surface area contributed by atoms with Gasteiger partial charge in [0, 0.05) is 16.7 Å². The van der Waals surface area contributed by atoms with Crippen molar-refractivity contribution in [1.82, 2.24) is 0 Å². The second kappa shape index (κ2) is 15.4. The molecule has 0 aliphatic rings. The van der Waals surface area contributed by atoms with Crippen LogP contribution in [0.4, 0.5) is 0 Å². The number of benzene rings is 2. The summed E-state index contributed by atoms with van der Waals surface area (Å²) in [6, 6.07) is 10.7. The lowest BCUT2D eigenvalue weighted by molar-refractivity contribution is 0.301. The van der Waals surface area contributed by atoms with Crippen LogP contribution in [-0.4, -0.2) is 19.1 Å². The predicted octanol–water partition coefficient (Wildman–Crippen LogP) is 8.85. The number of hydrogen-bond acceptors (Lipinski definition) is 2. The van der Waals surface area contributed by atoms with Crippen LogP contribution < -0.4 is 9.47 Å². The van der Waals surface area contributed by atoms with E-state index >= 15 is 0 Å². The van der Waals surface area contributed by atoms with Crippen LogP contribution in [0.15, 0.2) is 30.3 Å². The Morgan fingerprint density at radius 3 is 1.77 bits per heavy atom. The molecule has 30 heavy (non-hydrogen) atoms. The molecule has 0 aliphatic heterocycles. The van der Waals surface area contributed by atoms with Crippen molar-refractivity contribution in [2.75, 3.05) is 19.1 Å². The summed E-state index contributed by atoms with van der Waals surface area (Å²) in [5, 5.41) is 2.32. The van der Waals surface area contributed by atoms with Crippen LogP contribution in [0, 0.1) is 6.92 Å². The largest absolute Gasteiger partial charge is 0.493 e. The van der Waals surface area contributed by atoms with Crippen molar-refractivity contribution in [2.24, 2.45) is 0 Å². The second-order valence-corrected chi connectivity index (χ2v) is 8.76. The molecule has 0 saturated heterocycles. The summed E-state index contributed by atoms with van der Waals surface area (Å²) in [5.41, 5.74) is 1.25. The normalized spacial score (nSPS) is 11.2. The number of rotatable bonds is 17. The lowest BCUT2D eigenvalue weighted by Gasteiger charge is -2.14. The van der Waals surface area contributed by atoms with Crippen molar-refractivity contribution in [3.05, 3.63) is 35.9 Å². The number of ether oxygens (including phenoxy) is 2. The average molecular weight is 433 g/mol. The molecule has 3 heteroatoms. The van der Waals surface area contributed by atoms with Gasteiger partial charge >= 0.3 is 0 Å². The summed E-state index contributed by atoms with van der Waals surface area (Å²) in [6.07, 6.45) is 14.9. The van der Waals surface area contributed by atoms with Gasteiger partial charge in [-0.2, -0.15) is 0 Å². The topological polar surface area (TPSA) is 18.5 Å². The number of halogens is 1. The van der Waals surface area contributed by atoms with Gasteiger partial charge in [-0.05, 0) is 44.4 Å². The minimum absolute atomic E-state index is 0.774. The highest BCUT2D eigenvalue weighted by molar-refractivity contribution is 6.17. The zero-order valence-electron chi connectivity index (χ0n) is 19.2. The number of unbranched alkanes of at least 4 members (excludes halogenated alkanes) is 10. The minimum Gasteiger partial charge on any atom is -0.493 e. The maximum Gasteiger partial charge on any atom is 0.127 e. The van der Waals surface area contributed by atoms with Gasteiger partial charge in [0.25, 0.3) is 0 Å². The Morgan fingerprint density at radius 1 is 0.633 bits per heavy atom. The van der Waals surface area contributed by atoms with Crippen molar-refractivity contribution < 1.29 is 9.47 Å². The monoisotopic (exact) mass is 432 g/mol. The second-order valence-electron chi connectivity index (χ2n) is 8.39. The zero-order valence-corrected chi connectivity index (χ0v) is 19.9. The molecule has 0 spiro atoms. The van der Waals surface area contributed by atoms with Crippen LogP contribution in [0.2, 0.25) is 0 Å². The maximum atomic E-state index is 6.16. The van der Waals surface area contributed by atoms with Gasteiger partial charge < -0.3 is 9.47 Å². The maximum absolute atomic E-state index is 6.16. The molecule has 2 aromatic rings. The highest BCUT2D eigenvalue weighted by Crippen LogP contribution is 2.34. The van der Waals surface area contributed by atoms with Crippen LogP contribution in [0.25, 0.3) is 10.8 Å². The molecule has 0 amide bonds. The fraction of sp³-hybridized carbons (Fsp3) is 0.630. The van der Waals surface area contributed by atoms with Crippen LogP contribution in [0.1, 0.15) is 89.5 Å². The van der Waals surface area contributed by atoms with E-state index in [1.807, 2.05) is 0 Å². The van der Waals surface area contributed by atoms with Gasteiger partial charge in [-0.3, -0.25) is 0 Å². The fourth-order valence-electron chi connectivity index (χ4n) is 3.81. The molecular weight excluding hydrogens is 392 g/mol. The van der Waals surface area contributed by atoms with E-state index in [4.69, 9.17) is 21.1 Å². The van der Waals surface area contributed by atoms with Gasteiger partial charge in [-0.25, -0.2) is 0 Å². The van der Waals surface area contributed by atoms with Crippen molar-refractivity contribution in [3.8, 4) is 11.5 Å². The van der Waals surface area contributed by atoms with E-state index < -0.39 is 0 Å². The third kappa shape index (κ3) is 9.16. The Morgan fingerprint density at radius 2 is 1.17 bits per heavy atom. The van der Waals surface area contributed by atoms with E-state index in [0.717, 1.165) is 60.6 Å². The average Bonchev–Trinajstić information content (AvgIpc) is 2.75. The molecule has 0 fully saturated rings. The molecule has 0 atom stereocenters. The third-order valence-electron chi connectivity index (χ3n) is 5.63. The smallest absolute Gasteiger partial charge is 0.127 e. The summed E-state index contributed by atoms with van der Waals surface area (Å²) < 4.78 is 12.3. The van der Waals surface area contributed by atoms with Crippen LogP contribution in [0.3, 0.4) is 0 Å². The standard InChI is InChI=1S/C27H41ClO2/c1-3-4-5-6-10-13-20-29-26-17-18-27(25-22-23(2)15-16-24(25)26)30-21-14-11-8-7-9-12-19-28/h15-18,22H,3-14,19-21H2,1-2H3. The number of fused-ring (bicyclic) bond motifs is 1. The molecule has 0 bridgehead atoms. The SMILES string of the molecule is CCCCCCCCOc1ccc(OCCCCCCCCCl)c2cc(C)ccc12. The Kier molecular flexibility index (Phi) is 12.8. The first-order chi connectivity index (χ1) is 14.8. The Bertz CT molecular complexity index is 713. The molecule has 0 aromatic heterocycles. The van der Waals surface area contributed by atoms with Gasteiger partial charge in [0.2, 0.25) is 0 Å². The fourth-order valence-corrected chi connectivity index (χ4v) is 4.00. The van der Waals surface area contributed by atoms with Crippen molar-refractivity contribution in [3.63, 3.8) is 0 Å². The van der Waals surface area contributed by atoms with Gasteiger partial charge in [0.15, 0.2) is 0 Å². The van der Waals surface area contributed by atoms with E-state index in [-0.39, 0.29) is 0 Å². The molecule has 0 N–H and O–H groups in total. The van der Waals surface area contributed by atoms with Crippen molar-refractivity contribution in [2.45, 2.75) is 90.9 Å². The number of hydrogen-bond donors (Lipinski definition) is 0.